The number of aromatic amines is 1. The van der Waals surface area contributed by atoms with Crippen LogP contribution in [-0.2, 0) is 17.6 Å². The van der Waals surface area contributed by atoms with Crippen molar-refractivity contribution in [1.82, 2.24) is 9.97 Å². The molecule has 0 unspecified atom stereocenters. The van der Waals surface area contributed by atoms with E-state index in [9.17, 15) is 4.79 Å². The molecular formula is C17H17N3O. The number of carbonyl (C=O) groups is 1. The van der Waals surface area contributed by atoms with E-state index in [1.165, 1.54) is 5.56 Å². The van der Waals surface area contributed by atoms with Gasteiger partial charge in [0.1, 0.15) is 5.65 Å². The van der Waals surface area contributed by atoms with E-state index in [0.29, 0.717) is 6.42 Å². The summed E-state index contributed by atoms with van der Waals surface area (Å²) in [6, 6.07) is 11.9. The maximum absolute atomic E-state index is 12.1. The van der Waals surface area contributed by atoms with Gasteiger partial charge in [0.05, 0.1) is 12.1 Å². The van der Waals surface area contributed by atoms with Gasteiger partial charge in [-0.25, -0.2) is 4.98 Å². The fraction of sp³-hybridized carbons (Fsp3) is 0.176. The predicted molar refractivity (Wildman–Crippen MR) is 84.2 cm³/mol. The van der Waals surface area contributed by atoms with E-state index in [1.807, 2.05) is 24.3 Å². The molecule has 0 fully saturated rings. The standard InChI is InChI=1S/C17H17N3O/c1-2-12-5-7-13(8-6-12)10-16(21)20-15-11-19-17-14(15)4-3-9-18-17/h3-9,11H,2,10H2,1H3,(H,18,19)(H,20,21). The molecule has 0 atom stereocenters. The molecule has 0 saturated carbocycles. The van der Waals surface area contributed by atoms with Crippen molar-refractivity contribution >= 4 is 22.6 Å². The fourth-order valence-corrected chi connectivity index (χ4v) is 2.33. The average molecular weight is 279 g/mol. The molecule has 1 amide bonds. The molecule has 2 aromatic heterocycles. The van der Waals surface area contributed by atoms with Gasteiger partial charge in [0.15, 0.2) is 0 Å². The summed E-state index contributed by atoms with van der Waals surface area (Å²) in [7, 11) is 0. The predicted octanol–water partition coefficient (Wildman–Crippen LogP) is 3.31. The monoisotopic (exact) mass is 279 g/mol. The molecule has 2 N–H and O–H groups in total. The molecule has 2 heterocycles. The Morgan fingerprint density at radius 2 is 1.95 bits per heavy atom. The molecule has 0 aliphatic carbocycles. The molecule has 0 bridgehead atoms. The van der Waals surface area contributed by atoms with Crippen LogP contribution in [0.25, 0.3) is 11.0 Å². The van der Waals surface area contributed by atoms with Gasteiger partial charge >= 0.3 is 0 Å². The van der Waals surface area contributed by atoms with E-state index < -0.39 is 0 Å². The maximum atomic E-state index is 12.1. The number of aryl methyl sites for hydroxylation is 1. The van der Waals surface area contributed by atoms with Crippen LogP contribution in [0.4, 0.5) is 5.69 Å². The second-order valence-corrected chi connectivity index (χ2v) is 5.00. The lowest BCUT2D eigenvalue weighted by Gasteiger charge is -2.05. The van der Waals surface area contributed by atoms with Gasteiger partial charge in [0.2, 0.25) is 5.91 Å². The molecule has 106 valence electrons. The molecule has 0 radical (unpaired) electrons. The van der Waals surface area contributed by atoms with E-state index in [-0.39, 0.29) is 5.91 Å². The summed E-state index contributed by atoms with van der Waals surface area (Å²) in [5.41, 5.74) is 3.85. The van der Waals surface area contributed by atoms with E-state index >= 15 is 0 Å². The molecule has 0 saturated heterocycles. The minimum absolute atomic E-state index is 0.0241. The Morgan fingerprint density at radius 1 is 1.19 bits per heavy atom. The van der Waals surface area contributed by atoms with Gasteiger partial charge in [0.25, 0.3) is 0 Å². The molecule has 3 aromatic rings. The van der Waals surface area contributed by atoms with E-state index in [2.05, 4.69) is 34.3 Å². The Kier molecular flexibility index (Phi) is 3.69. The molecule has 0 spiro atoms. The summed E-state index contributed by atoms with van der Waals surface area (Å²) in [5, 5.41) is 3.86. The van der Waals surface area contributed by atoms with Crippen molar-refractivity contribution in [3.05, 3.63) is 59.9 Å². The normalized spacial score (nSPS) is 10.7. The van der Waals surface area contributed by atoms with Gasteiger partial charge in [-0.15, -0.1) is 0 Å². The molecular weight excluding hydrogens is 262 g/mol. The SMILES string of the molecule is CCc1ccc(CC(=O)Nc2c[nH]c3ncccc23)cc1. The van der Waals surface area contributed by atoms with Crippen molar-refractivity contribution in [2.75, 3.05) is 5.32 Å². The Morgan fingerprint density at radius 3 is 2.71 bits per heavy atom. The van der Waals surface area contributed by atoms with E-state index in [1.54, 1.807) is 12.4 Å². The van der Waals surface area contributed by atoms with Crippen LogP contribution >= 0.6 is 0 Å². The molecule has 4 nitrogen and oxygen atoms in total. The minimum Gasteiger partial charge on any atom is -0.344 e. The highest BCUT2D eigenvalue weighted by Crippen LogP contribution is 2.21. The van der Waals surface area contributed by atoms with Crippen LogP contribution in [0, 0.1) is 0 Å². The lowest BCUT2D eigenvalue weighted by Crippen LogP contribution is -2.14. The average Bonchev–Trinajstić information content (AvgIpc) is 2.91. The summed E-state index contributed by atoms with van der Waals surface area (Å²) in [6.45, 7) is 2.12. The first kappa shape index (κ1) is 13.4. The summed E-state index contributed by atoms with van der Waals surface area (Å²) < 4.78 is 0. The summed E-state index contributed by atoms with van der Waals surface area (Å²) >= 11 is 0. The Hall–Kier alpha value is -2.62. The number of anilines is 1. The van der Waals surface area contributed by atoms with E-state index in [4.69, 9.17) is 0 Å². The Labute approximate surface area is 123 Å². The maximum Gasteiger partial charge on any atom is 0.228 e. The van der Waals surface area contributed by atoms with Crippen LogP contribution in [0.3, 0.4) is 0 Å². The van der Waals surface area contributed by atoms with Crippen LogP contribution in [0.15, 0.2) is 48.8 Å². The number of fused-ring (bicyclic) bond motifs is 1. The van der Waals surface area contributed by atoms with Gasteiger partial charge < -0.3 is 10.3 Å². The molecule has 4 heteroatoms. The van der Waals surface area contributed by atoms with Crippen molar-refractivity contribution in [2.45, 2.75) is 19.8 Å². The zero-order chi connectivity index (χ0) is 14.7. The largest absolute Gasteiger partial charge is 0.344 e. The number of nitrogens with zero attached hydrogens (tertiary/aromatic N) is 1. The van der Waals surface area contributed by atoms with Crippen LogP contribution in [0.1, 0.15) is 18.1 Å². The number of hydrogen-bond acceptors (Lipinski definition) is 2. The lowest BCUT2D eigenvalue weighted by molar-refractivity contribution is -0.115. The third kappa shape index (κ3) is 2.94. The molecule has 0 aliphatic heterocycles. The van der Waals surface area contributed by atoms with Crippen molar-refractivity contribution < 1.29 is 4.79 Å². The van der Waals surface area contributed by atoms with Gasteiger partial charge in [-0.2, -0.15) is 0 Å². The number of pyridine rings is 1. The highest BCUT2D eigenvalue weighted by atomic mass is 16.1. The molecule has 3 rings (SSSR count). The summed E-state index contributed by atoms with van der Waals surface area (Å²) in [5.74, 6) is -0.0241. The second kappa shape index (κ2) is 5.79. The number of benzene rings is 1. The lowest BCUT2D eigenvalue weighted by atomic mass is 10.1. The minimum atomic E-state index is -0.0241. The number of nitrogens with one attached hydrogen (secondary N) is 2. The van der Waals surface area contributed by atoms with Gasteiger partial charge in [-0.1, -0.05) is 31.2 Å². The number of amides is 1. The number of H-pyrrole nitrogens is 1. The van der Waals surface area contributed by atoms with Crippen molar-refractivity contribution in [1.29, 1.82) is 0 Å². The number of aromatic nitrogens is 2. The highest BCUT2D eigenvalue weighted by molar-refractivity contribution is 6.01. The topological polar surface area (TPSA) is 57.8 Å². The third-order valence-corrected chi connectivity index (χ3v) is 3.52. The first-order valence-corrected chi connectivity index (χ1v) is 7.06. The summed E-state index contributed by atoms with van der Waals surface area (Å²) in [4.78, 5) is 19.4. The molecule has 0 aliphatic rings. The van der Waals surface area contributed by atoms with Crippen LogP contribution in [0.2, 0.25) is 0 Å². The number of rotatable bonds is 4. The first-order chi connectivity index (χ1) is 10.3. The smallest absolute Gasteiger partial charge is 0.228 e. The summed E-state index contributed by atoms with van der Waals surface area (Å²) in [6.07, 6.45) is 4.88. The van der Waals surface area contributed by atoms with Gasteiger partial charge in [-0.3, -0.25) is 4.79 Å². The second-order valence-electron chi connectivity index (χ2n) is 5.00. The fourth-order valence-electron chi connectivity index (χ4n) is 2.33. The van der Waals surface area contributed by atoms with Crippen molar-refractivity contribution in [3.63, 3.8) is 0 Å². The first-order valence-electron chi connectivity index (χ1n) is 7.06. The number of carbonyl (C=O) groups excluding carboxylic acids is 1. The zero-order valence-electron chi connectivity index (χ0n) is 11.9. The highest BCUT2D eigenvalue weighted by Gasteiger charge is 2.08. The van der Waals surface area contributed by atoms with E-state index in [0.717, 1.165) is 28.7 Å². The third-order valence-electron chi connectivity index (χ3n) is 3.52. The van der Waals surface area contributed by atoms with Gasteiger partial charge in [0, 0.05) is 17.8 Å². The zero-order valence-corrected chi connectivity index (χ0v) is 11.9. The van der Waals surface area contributed by atoms with Crippen LogP contribution in [0.5, 0.6) is 0 Å². The molecule has 1 aromatic carbocycles. The van der Waals surface area contributed by atoms with Crippen LogP contribution in [-0.4, -0.2) is 15.9 Å². The van der Waals surface area contributed by atoms with Gasteiger partial charge in [-0.05, 0) is 29.7 Å². The Balaban J connectivity index is 1.71. The molecule has 21 heavy (non-hydrogen) atoms. The Bertz CT molecular complexity index is 759. The van der Waals surface area contributed by atoms with Crippen molar-refractivity contribution in [2.24, 2.45) is 0 Å². The van der Waals surface area contributed by atoms with Crippen LogP contribution < -0.4 is 5.32 Å². The van der Waals surface area contributed by atoms with Crippen molar-refractivity contribution in [3.8, 4) is 0 Å². The number of hydrogen-bond donors (Lipinski definition) is 2. The quantitative estimate of drug-likeness (QED) is 0.769.